The molecule has 0 rings (SSSR count). The van der Waals surface area contributed by atoms with Crippen LogP contribution in [0.2, 0.25) is 0 Å². The first-order valence-corrected chi connectivity index (χ1v) is 2.21. The van der Waals surface area contributed by atoms with Gasteiger partial charge in [-0.15, -0.1) is 0 Å². The van der Waals surface area contributed by atoms with Crippen LogP contribution in [0.15, 0.2) is 0 Å². The molecule has 48 valence electrons. The van der Waals surface area contributed by atoms with Gasteiger partial charge in [-0.1, -0.05) is 20.8 Å². The smallest absolute Gasteiger partial charge is 0.0739 e. The SMILES string of the molecule is C.CCCC[NH3+].[OH-]. The lowest BCUT2D eigenvalue weighted by Crippen LogP contribution is -2.49. The molecule has 2 heteroatoms. The van der Waals surface area contributed by atoms with Gasteiger partial charge in [-0.05, 0) is 6.42 Å². The molecule has 0 amide bonds. The molecule has 0 saturated heterocycles. The van der Waals surface area contributed by atoms with Gasteiger partial charge in [0, 0.05) is 0 Å². The van der Waals surface area contributed by atoms with Crippen molar-refractivity contribution in [2.75, 3.05) is 6.54 Å². The van der Waals surface area contributed by atoms with Crippen LogP contribution in [-0.2, 0) is 0 Å². The summed E-state index contributed by atoms with van der Waals surface area (Å²) in [6.45, 7) is 3.27. The summed E-state index contributed by atoms with van der Waals surface area (Å²) >= 11 is 0. The van der Waals surface area contributed by atoms with Gasteiger partial charge in [0.15, 0.2) is 0 Å². The molecule has 0 atom stereocenters. The lowest BCUT2D eigenvalue weighted by Gasteiger charge is -1.77. The van der Waals surface area contributed by atoms with Crippen LogP contribution < -0.4 is 5.73 Å². The highest BCUT2D eigenvalue weighted by Gasteiger charge is 1.71. The molecule has 7 heavy (non-hydrogen) atoms. The summed E-state index contributed by atoms with van der Waals surface area (Å²) in [5, 5.41) is 0. The molecule has 0 aliphatic rings. The largest absolute Gasteiger partial charge is 0.870 e. The normalized spacial score (nSPS) is 6.00. The summed E-state index contributed by atoms with van der Waals surface area (Å²) in [5.41, 5.74) is 3.68. The van der Waals surface area contributed by atoms with Crippen LogP contribution in [0.25, 0.3) is 0 Å². The third-order valence-corrected chi connectivity index (χ3v) is 0.604. The number of rotatable bonds is 2. The molecule has 0 aliphatic heterocycles. The van der Waals surface area contributed by atoms with Crippen LogP contribution in [0.5, 0.6) is 0 Å². The lowest BCUT2D eigenvalue weighted by atomic mass is 10.3. The first-order valence-electron chi connectivity index (χ1n) is 2.21. The molecule has 0 fully saturated rings. The highest BCUT2D eigenvalue weighted by Crippen LogP contribution is 1.75. The number of hydrogen-bond acceptors (Lipinski definition) is 1. The highest BCUT2D eigenvalue weighted by atomic mass is 16.0. The van der Waals surface area contributed by atoms with Gasteiger partial charge in [0.25, 0.3) is 0 Å². The van der Waals surface area contributed by atoms with E-state index < -0.39 is 0 Å². The van der Waals surface area contributed by atoms with Crippen LogP contribution in [0, 0.1) is 0 Å². The van der Waals surface area contributed by atoms with E-state index in [1.54, 1.807) is 0 Å². The molecule has 4 N–H and O–H groups in total. The van der Waals surface area contributed by atoms with Gasteiger partial charge >= 0.3 is 0 Å². The molecule has 0 aromatic rings. The molecule has 0 aromatic carbocycles. The predicted octanol–water partition coefficient (Wildman–Crippen LogP) is 0.488. The monoisotopic (exact) mass is 107 g/mol. The van der Waals surface area contributed by atoms with E-state index in [0.29, 0.717) is 0 Å². The molecule has 0 aliphatic carbocycles. The van der Waals surface area contributed by atoms with E-state index in [4.69, 9.17) is 0 Å². The van der Waals surface area contributed by atoms with Crippen molar-refractivity contribution in [1.29, 1.82) is 0 Å². The molecular formula is C5H17NO. The van der Waals surface area contributed by atoms with Crippen molar-refractivity contribution in [3.63, 3.8) is 0 Å². The van der Waals surface area contributed by atoms with E-state index in [9.17, 15) is 0 Å². The molecule has 0 unspecified atom stereocenters. The summed E-state index contributed by atoms with van der Waals surface area (Å²) < 4.78 is 0. The van der Waals surface area contributed by atoms with Crippen LogP contribution in [0.1, 0.15) is 27.2 Å². The molecule has 0 radical (unpaired) electrons. The number of quaternary nitrogens is 1. The van der Waals surface area contributed by atoms with Crippen LogP contribution in [-0.4, -0.2) is 12.0 Å². The van der Waals surface area contributed by atoms with E-state index in [0.717, 1.165) is 6.54 Å². The summed E-state index contributed by atoms with van der Waals surface area (Å²) in [7, 11) is 0. The molecule has 0 aromatic heterocycles. The molecule has 0 heterocycles. The van der Waals surface area contributed by atoms with Gasteiger partial charge in [-0.25, -0.2) is 0 Å². The van der Waals surface area contributed by atoms with Crippen LogP contribution in [0.4, 0.5) is 0 Å². The topological polar surface area (TPSA) is 57.6 Å². The molecule has 0 bridgehead atoms. The third kappa shape index (κ3) is 24.7. The van der Waals surface area contributed by atoms with Crippen molar-refractivity contribution < 1.29 is 11.2 Å². The Labute approximate surface area is 46.0 Å². The zero-order valence-corrected chi connectivity index (χ0v) is 4.28. The first kappa shape index (κ1) is 15.8. The summed E-state index contributed by atoms with van der Waals surface area (Å²) in [6, 6.07) is 0. The minimum atomic E-state index is 0. The zero-order chi connectivity index (χ0) is 4.12. The fraction of sp³-hybridized carbons (Fsp3) is 1.00. The van der Waals surface area contributed by atoms with Gasteiger partial charge in [-0.3, -0.25) is 0 Å². The van der Waals surface area contributed by atoms with E-state index in [1.807, 2.05) is 0 Å². The second kappa shape index (κ2) is 16.8. The average molecular weight is 107 g/mol. The molecule has 2 nitrogen and oxygen atoms in total. The van der Waals surface area contributed by atoms with Crippen LogP contribution >= 0.6 is 0 Å². The quantitative estimate of drug-likeness (QED) is 0.548. The number of unbranched alkanes of at least 4 members (excludes halogenated alkanes) is 1. The van der Waals surface area contributed by atoms with Crippen LogP contribution in [0.3, 0.4) is 0 Å². The van der Waals surface area contributed by atoms with E-state index in [-0.39, 0.29) is 12.9 Å². The van der Waals surface area contributed by atoms with E-state index >= 15 is 0 Å². The maximum absolute atomic E-state index is 3.68. The summed E-state index contributed by atoms with van der Waals surface area (Å²) in [4.78, 5) is 0. The minimum Gasteiger partial charge on any atom is -0.870 e. The summed E-state index contributed by atoms with van der Waals surface area (Å²) in [5.74, 6) is 0. The molecular weight excluding hydrogens is 90.1 g/mol. The van der Waals surface area contributed by atoms with Gasteiger partial charge in [0.2, 0.25) is 0 Å². The maximum Gasteiger partial charge on any atom is 0.0739 e. The Morgan fingerprint density at radius 1 is 1.43 bits per heavy atom. The van der Waals surface area contributed by atoms with Crippen molar-refractivity contribution in [2.24, 2.45) is 0 Å². The van der Waals surface area contributed by atoms with Gasteiger partial charge < -0.3 is 11.2 Å². The zero-order valence-electron chi connectivity index (χ0n) is 4.28. The van der Waals surface area contributed by atoms with Crippen molar-refractivity contribution in [2.45, 2.75) is 27.2 Å². The predicted molar refractivity (Wildman–Crippen MR) is 31.3 cm³/mol. The maximum atomic E-state index is 3.68. The van der Waals surface area contributed by atoms with Crippen molar-refractivity contribution in [3.05, 3.63) is 0 Å². The Hall–Kier alpha value is -0.0800. The second-order valence-corrected chi connectivity index (χ2v) is 1.21. The van der Waals surface area contributed by atoms with Gasteiger partial charge in [0.05, 0.1) is 6.54 Å². The van der Waals surface area contributed by atoms with Crippen molar-refractivity contribution >= 4 is 0 Å². The Morgan fingerprint density at radius 2 is 1.86 bits per heavy atom. The molecule has 0 spiro atoms. The Kier molecular flexibility index (Phi) is 37.9. The average Bonchev–Trinajstić information content (AvgIpc) is 1.41. The lowest BCUT2D eigenvalue weighted by molar-refractivity contribution is -0.368. The fourth-order valence-corrected chi connectivity index (χ4v) is 0.250. The summed E-state index contributed by atoms with van der Waals surface area (Å²) in [6.07, 6.45) is 2.56. The van der Waals surface area contributed by atoms with Crippen molar-refractivity contribution in [1.82, 2.24) is 0 Å². The fourth-order valence-electron chi connectivity index (χ4n) is 0.250. The number of hydrogen-bond donors (Lipinski definition) is 1. The van der Waals surface area contributed by atoms with Crippen molar-refractivity contribution in [3.8, 4) is 0 Å². The highest BCUT2D eigenvalue weighted by molar-refractivity contribution is 4.21. The van der Waals surface area contributed by atoms with Gasteiger partial charge in [0.1, 0.15) is 0 Å². The van der Waals surface area contributed by atoms with Gasteiger partial charge in [-0.2, -0.15) is 0 Å². The standard InChI is InChI=1S/C4H11N.CH4.H2O/c1-2-3-4-5;;/h2-5H2,1H3;1H4;1H2. The molecule has 0 saturated carbocycles. The minimum absolute atomic E-state index is 0. The first-order chi connectivity index (χ1) is 2.41. The Morgan fingerprint density at radius 3 is 1.86 bits per heavy atom. The second-order valence-electron chi connectivity index (χ2n) is 1.21. The van der Waals surface area contributed by atoms with E-state index in [1.165, 1.54) is 12.8 Å². The Balaban J connectivity index is -0.0000000800. The third-order valence-electron chi connectivity index (χ3n) is 0.604. The Bertz CT molecular complexity index is 15.6. The van der Waals surface area contributed by atoms with E-state index in [2.05, 4.69) is 12.7 Å².